The molecule has 2 bridgehead atoms. The Hall–Kier alpha value is -3.21. The summed E-state index contributed by atoms with van der Waals surface area (Å²) >= 11 is 0. The maximum Gasteiger partial charge on any atom is 0.165 e. The topological polar surface area (TPSA) is 131 Å². The number of aliphatic imine (C=N–C) groups is 1. The number of methoxy groups -OCH3 is 1. The number of nitrogens with zero attached hydrogens (tertiary/aromatic N) is 6. The first-order valence-electron chi connectivity index (χ1n) is 14.5. The average molecular weight is 546 g/mol. The van der Waals surface area contributed by atoms with E-state index in [2.05, 4.69) is 29.1 Å². The predicted octanol–water partition coefficient (Wildman–Crippen LogP) is 4.18. The standard InChI is InChI=1S/C30H39N7O3/c1-4-18-6-5-11-32-27(18)24-10-7-19(14-33-24)23-15-34-37-29(31)26(17(2)38)28(35-30(23)37)20-12-21-8-9-22(13-20)36(21)25(39)16-40-3/h7,10-11,14-15,18,20-22,25,27,39H,4-6,8-9,12-13,16,31H2,1-3H3. The molecule has 2 saturated heterocycles. The number of fused-ring (bicyclic) bond motifs is 3. The first-order valence-corrected chi connectivity index (χ1v) is 14.5. The van der Waals surface area contributed by atoms with Crippen molar-refractivity contribution in [3.63, 3.8) is 0 Å². The van der Waals surface area contributed by atoms with Gasteiger partial charge in [0.05, 0.1) is 35.8 Å². The Morgan fingerprint density at radius 2 is 1.98 bits per heavy atom. The number of anilines is 1. The molecule has 6 heterocycles. The van der Waals surface area contributed by atoms with Crippen molar-refractivity contribution in [2.24, 2.45) is 10.9 Å². The normalized spacial score (nSPS) is 27.4. The van der Waals surface area contributed by atoms with Crippen LogP contribution in [0.5, 0.6) is 0 Å². The summed E-state index contributed by atoms with van der Waals surface area (Å²) in [6.07, 6.45) is 11.9. The Kier molecular flexibility index (Phi) is 7.41. The fraction of sp³-hybridized carbons (Fsp3) is 0.567. The molecule has 3 aromatic rings. The molecule has 0 spiro atoms. The summed E-state index contributed by atoms with van der Waals surface area (Å²) < 4.78 is 6.80. The van der Waals surface area contributed by atoms with Crippen LogP contribution in [0.3, 0.4) is 0 Å². The third-order valence-electron chi connectivity index (χ3n) is 9.20. The van der Waals surface area contributed by atoms with Gasteiger partial charge in [-0.2, -0.15) is 9.61 Å². The van der Waals surface area contributed by atoms with E-state index in [1.54, 1.807) is 24.7 Å². The van der Waals surface area contributed by atoms with Crippen molar-refractivity contribution < 1.29 is 14.6 Å². The Balaban J connectivity index is 1.36. The highest BCUT2D eigenvalue weighted by Crippen LogP contribution is 2.45. The number of ether oxygens (including phenoxy) is 1. The van der Waals surface area contributed by atoms with E-state index in [1.165, 1.54) is 0 Å². The van der Waals surface area contributed by atoms with Gasteiger partial charge >= 0.3 is 0 Å². The van der Waals surface area contributed by atoms with Gasteiger partial charge in [0, 0.05) is 42.4 Å². The van der Waals surface area contributed by atoms with Gasteiger partial charge in [-0.1, -0.05) is 19.4 Å². The number of carbonyl (C=O) groups excluding carboxylic acids is 1. The molecule has 3 aliphatic rings. The van der Waals surface area contributed by atoms with Crippen molar-refractivity contribution in [1.82, 2.24) is 24.5 Å². The van der Waals surface area contributed by atoms with E-state index in [-0.39, 0.29) is 36.4 Å². The summed E-state index contributed by atoms with van der Waals surface area (Å²) in [6.45, 7) is 4.04. The van der Waals surface area contributed by atoms with Gasteiger partial charge < -0.3 is 15.6 Å². The monoisotopic (exact) mass is 545 g/mol. The van der Waals surface area contributed by atoms with Crippen LogP contribution in [0, 0.1) is 5.92 Å². The summed E-state index contributed by atoms with van der Waals surface area (Å²) in [6, 6.07) is 4.63. The lowest BCUT2D eigenvalue weighted by Crippen LogP contribution is -2.50. The minimum absolute atomic E-state index is 0.0630. The van der Waals surface area contributed by atoms with Gasteiger partial charge in [-0.3, -0.25) is 19.7 Å². The number of piperidine rings is 1. The van der Waals surface area contributed by atoms with Crippen LogP contribution in [0.15, 0.2) is 29.5 Å². The minimum atomic E-state index is -0.625. The number of aliphatic hydroxyl groups is 1. The van der Waals surface area contributed by atoms with Crippen molar-refractivity contribution in [3.05, 3.63) is 41.5 Å². The van der Waals surface area contributed by atoms with E-state index in [0.29, 0.717) is 22.9 Å². The fourth-order valence-corrected chi connectivity index (χ4v) is 7.29. The maximum absolute atomic E-state index is 12.9. The first kappa shape index (κ1) is 27.0. The molecule has 0 amide bonds. The number of rotatable bonds is 8. The molecular formula is C30H39N7O3. The zero-order valence-corrected chi connectivity index (χ0v) is 23.5. The van der Waals surface area contributed by atoms with E-state index < -0.39 is 6.23 Å². The fourth-order valence-electron chi connectivity index (χ4n) is 7.29. The van der Waals surface area contributed by atoms with Gasteiger partial charge in [0.15, 0.2) is 11.4 Å². The maximum atomic E-state index is 12.9. The molecule has 10 nitrogen and oxygen atoms in total. The van der Waals surface area contributed by atoms with E-state index in [4.69, 9.17) is 25.4 Å². The second-order valence-corrected chi connectivity index (χ2v) is 11.5. The number of pyridine rings is 1. The molecule has 3 N–H and O–H groups in total. The molecule has 40 heavy (non-hydrogen) atoms. The van der Waals surface area contributed by atoms with E-state index in [9.17, 15) is 9.90 Å². The Morgan fingerprint density at radius 1 is 1.20 bits per heavy atom. The Labute approximate surface area is 234 Å². The van der Waals surface area contributed by atoms with Crippen molar-refractivity contribution in [3.8, 4) is 11.1 Å². The average Bonchev–Trinajstić information content (AvgIpc) is 3.51. The van der Waals surface area contributed by atoms with Crippen LogP contribution in [0.25, 0.3) is 16.8 Å². The Bertz CT molecular complexity index is 1400. The number of hydrogen-bond donors (Lipinski definition) is 2. The van der Waals surface area contributed by atoms with Gasteiger partial charge in [0.25, 0.3) is 0 Å². The number of hydrogen-bond acceptors (Lipinski definition) is 9. The molecule has 5 atom stereocenters. The van der Waals surface area contributed by atoms with Gasteiger partial charge in [-0.25, -0.2) is 4.98 Å². The van der Waals surface area contributed by atoms with Crippen LogP contribution in [-0.2, 0) is 4.74 Å². The van der Waals surface area contributed by atoms with Crippen LogP contribution in [-0.4, -0.2) is 73.6 Å². The lowest BCUT2D eigenvalue weighted by Gasteiger charge is -2.41. The molecule has 0 saturated carbocycles. The summed E-state index contributed by atoms with van der Waals surface area (Å²) in [5.41, 5.74) is 11.1. The molecule has 0 aromatic carbocycles. The molecule has 2 fully saturated rings. The smallest absolute Gasteiger partial charge is 0.165 e. The van der Waals surface area contributed by atoms with Crippen LogP contribution >= 0.6 is 0 Å². The van der Waals surface area contributed by atoms with Gasteiger partial charge in [0.2, 0.25) is 0 Å². The summed E-state index contributed by atoms with van der Waals surface area (Å²) in [7, 11) is 1.61. The number of aliphatic hydroxyl groups excluding tert-OH is 1. The zero-order valence-electron chi connectivity index (χ0n) is 23.5. The summed E-state index contributed by atoms with van der Waals surface area (Å²) in [5.74, 6) is 0.775. The third-order valence-corrected chi connectivity index (χ3v) is 9.20. The van der Waals surface area contributed by atoms with Crippen LogP contribution in [0.2, 0.25) is 0 Å². The number of nitrogens with two attached hydrogens (primary N) is 1. The van der Waals surface area contributed by atoms with E-state index >= 15 is 0 Å². The Morgan fingerprint density at radius 3 is 2.62 bits per heavy atom. The second kappa shape index (κ2) is 11.0. The van der Waals surface area contributed by atoms with Crippen LogP contribution in [0.1, 0.15) is 92.5 Å². The summed E-state index contributed by atoms with van der Waals surface area (Å²) in [5, 5.41) is 15.2. The lowest BCUT2D eigenvalue weighted by atomic mass is 9.85. The first-order chi connectivity index (χ1) is 19.4. The zero-order chi connectivity index (χ0) is 28.0. The van der Waals surface area contributed by atoms with Crippen molar-refractivity contribution in [2.45, 2.75) is 89.1 Å². The van der Waals surface area contributed by atoms with Crippen LogP contribution < -0.4 is 5.73 Å². The van der Waals surface area contributed by atoms with Gasteiger partial charge in [-0.05, 0) is 63.6 Å². The van der Waals surface area contributed by atoms with Crippen molar-refractivity contribution in [2.75, 3.05) is 19.5 Å². The van der Waals surface area contributed by atoms with Crippen molar-refractivity contribution in [1.29, 1.82) is 0 Å². The lowest BCUT2D eigenvalue weighted by molar-refractivity contribution is -0.0857. The van der Waals surface area contributed by atoms with E-state index in [0.717, 1.165) is 67.5 Å². The molecule has 6 rings (SSSR count). The van der Waals surface area contributed by atoms with Gasteiger partial charge in [0.1, 0.15) is 12.0 Å². The molecule has 0 aliphatic carbocycles. The van der Waals surface area contributed by atoms with Crippen LogP contribution in [0.4, 0.5) is 5.82 Å². The highest BCUT2D eigenvalue weighted by Gasteiger charge is 2.45. The molecule has 10 heteroatoms. The quantitative estimate of drug-likeness (QED) is 0.403. The predicted molar refractivity (Wildman–Crippen MR) is 153 cm³/mol. The number of Topliss-reactive ketones (excluding diaryl/α,β-unsaturated/α-hetero) is 1. The highest BCUT2D eigenvalue weighted by molar-refractivity contribution is 6.00. The molecule has 212 valence electrons. The molecule has 3 aliphatic heterocycles. The second-order valence-electron chi connectivity index (χ2n) is 11.5. The van der Waals surface area contributed by atoms with Gasteiger partial charge in [-0.15, -0.1) is 0 Å². The van der Waals surface area contributed by atoms with Crippen molar-refractivity contribution >= 4 is 23.5 Å². The number of carbonyl (C=O) groups is 1. The highest BCUT2D eigenvalue weighted by atomic mass is 16.5. The minimum Gasteiger partial charge on any atom is -0.383 e. The number of nitrogen functional groups attached to an aromatic ring is 1. The third kappa shape index (κ3) is 4.61. The summed E-state index contributed by atoms with van der Waals surface area (Å²) in [4.78, 5) is 29.7. The largest absolute Gasteiger partial charge is 0.383 e. The molecule has 3 aromatic heterocycles. The van der Waals surface area contributed by atoms with E-state index in [1.807, 2.05) is 12.4 Å². The molecule has 0 radical (unpaired) electrons. The SMILES string of the molecule is CCC1CCC=NC1c1ccc(-c2cnn3c(N)c(C(C)=O)c(C4CC5CCC(C4)N5C(O)COC)nc23)cn1. The molecular weight excluding hydrogens is 506 g/mol. The molecule has 5 unspecified atom stereocenters. The number of aromatic nitrogens is 4. The number of ketones is 1.